The number of aromatic nitrogens is 4. The molecule has 1 unspecified atom stereocenters. The van der Waals surface area contributed by atoms with E-state index in [4.69, 9.17) is 32.8 Å². The van der Waals surface area contributed by atoms with E-state index < -0.39 is 42.0 Å². The summed E-state index contributed by atoms with van der Waals surface area (Å²) in [5.41, 5.74) is 12.1. The summed E-state index contributed by atoms with van der Waals surface area (Å²) in [4.78, 5) is 24.0. The van der Waals surface area contributed by atoms with Crippen LogP contribution < -0.4 is 21.8 Å². The summed E-state index contributed by atoms with van der Waals surface area (Å²) < 4.78 is 76.8. The number of rotatable bonds is 7. The number of hydrogen-bond acceptors (Lipinski definition) is 7. The fourth-order valence-corrected chi connectivity index (χ4v) is 5.98. The zero-order valence-electron chi connectivity index (χ0n) is 24.5. The summed E-state index contributed by atoms with van der Waals surface area (Å²) in [5, 5.41) is 4.84. The van der Waals surface area contributed by atoms with Gasteiger partial charge in [-0.25, -0.2) is 14.1 Å². The number of halogens is 6. The second-order valence-electron chi connectivity index (χ2n) is 10.7. The Morgan fingerprint density at radius 2 is 1.87 bits per heavy atom. The summed E-state index contributed by atoms with van der Waals surface area (Å²) in [7, 11) is 2.59. The van der Waals surface area contributed by atoms with Gasteiger partial charge in [0.2, 0.25) is 5.82 Å². The lowest BCUT2D eigenvalue weighted by Gasteiger charge is -2.34. The van der Waals surface area contributed by atoms with Crippen LogP contribution in [0.15, 0.2) is 40.1 Å². The Labute approximate surface area is 259 Å². The maximum Gasteiger partial charge on any atom is 0.401 e. The minimum Gasteiger partial charge on any atom is -0.494 e. The fraction of sp³-hybridized carbons (Fsp3) is 0.379. The Kier molecular flexibility index (Phi) is 8.77. The van der Waals surface area contributed by atoms with E-state index in [1.807, 2.05) is 0 Å². The third-order valence-corrected chi connectivity index (χ3v) is 8.25. The first kappa shape index (κ1) is 32.2. The first-order chi connectivity index (χ1) is 21.3. The van der Waals surface area contributed by atoms with Gasteiger partial charge in [0.1, 0.15) is 29.2 Å². The van der Waals surface area contributed by atoms with Crippen LogP contribution >= 0.6 is 11.6 Å². The van der Waals surface area contributed by atoms with Crippen LogP contribution in [-0.2, 0) is 0 Å². The minimum absolute atomic E-state index is 0.0333. The van der Waals surface area contributed by atoms with Crippen molar-refractivity contribution in [1.82, 2.24) is 24.2 Å². The van der Waals surface area contributed by atoms with Crippen LogP contribution in [0.25, 0.3) is 22.2 Å². The molecule has 0 saturated carbocycles. The van der Waals surface area contributed by atoms with Gasteiger partial charge >= 0.3 is 6.18 Å². The van der Waals surface area contributed by atoms with Crippen LogP contribution in [0.5, 0.6) is 5.75 Å². The number of nitrogens with two attached hydrogens (primary N) is 2. The van der Waals surface area contributed by atoms with Crippen molar-refractivity contribution in [2.45, 2.75) is 38.0 Å². The molecule has 0 bridgehead atoms. The number of anilines is 1. The molecule has 0 aliphatic carbocycles. The van der Waals surface area contributed by atoms with E-state index in [1.165, 1.54) is 40.4 Å². The van der Waals surface area contributed by atoms with Crippen molar-refractivity contribution < 1.29 is 26.7 Å². The highest BCUT2D eigenvalue weighted by atomic mass is 35.5. The number of fused-ring (bicyclic) bond motifs is 1. The molecule has 0 radical (unpaired) electrons. The molecule has 2 aromatic heterocycles. The average molecular weight is 653 g/mol. The Bertz CT molecular complexity index is 1850. The number of nitrogen functional groups attached to an aromatic ring is 1. The summed E-state index contributed by atoms with van der Waals surface area (Å²) in [5.74, 6) is -2.80. The number of aliphatic imine (C=N–C) groups is 1. The van der Waals surface area contributed by atoms with Crippen molar-refractivity contribution in [3.05, 3.63) is 68.7 Å². The maximum absolute atomic E-state index is 15.3. The molecule has 0 spiro atoms. The number of ether oxygens (including phenoxy) is 1. The highest BCUT2D eigenvalue weighted by molar-refractivity contribution is 6.35. The largest absolute Gasteiger partial charge is 0.494 e. The number of likely N-dealkylation sites (tertiary alicyclic amines) is 1. The van der Waals surface area contributed by atoms with Crippen LogP contribution in [0.1, 0.15) is 43.2 Å². The summed E-state index contributed by atoms with van der Waals surface area (Å²) >= 11 is 6.41. The first-order valence-corrected chi connectivity index (χ1v) is 14.3. The molecule has 1 atom stereocenters. The zero-order chi connectivity index (χ0) is 32.8. The lowest BCUT2D eigenvalue weighted by molar-refractivity contribution is -0.148. The van der Waals surface area contributed by atoms with Gasteiger partial charge in [0.15, 0.2) is 11.6 Å². The van der Waals surface area contributed by atoms with Crippen molar-refractivity contribution in [2.75, 3.05) is 39.5 Å². The van der Waals surface area contributed by atoms with Crippen molar-refractivity contribution in [2.24, 2.45) is 10.7 Å². The smallest absolute Gasteiger partial charge is 0.401 e. The van der Waals surface area contributed by atoms with Crippen LogP contribution in [0, 0.1) is 11.6 Å². The van der Waals surface area contributed by atoms with E-state index in [9.17, 15) is 22.4 Å². The van der Waals surface area contributed by atoms with Crippen LogP contribution in [0.2, 0.25) is 5.02 Å². The lowest BCUT2D eigenvalue weighted by Crippen LogP contribution is -2.43. The molecule has 1 saturated heterocycles. The van der Waals surface area contributed by atoms with Gasteiger partial charge in [0.05, 0.1) is 35.1 Å². The maximum atomic E-state index is 15.3. The van der Waals surface area contributed by atoms with E-state index in [1.54, 1.807) is 25.1 Å². The van der Waals surface area contributed by atoms with E-state index in [0.29, 0.717) is 0 Å². The number of nitrogens with zero attached hydrogens (tertiary/aromatic N) is 6. The lowest BCUT2D eigenvalue weighted by atomic mass is 10.0. The quantitative estimate of drug-likeness (QED) is 0.165. The van der Waals surface area contributed by atoms with E-state index in [-0.39, 0.29) is 81.9 Å². The predicted molar refractivity (Wildman–Crippen MR) is 161 cm³/mol. The number of piperidine rings is 1. The first-order valence-electron chi connectivity index (χ1n) is 13.9. The Morgan fingerprint density at radius 1 is 1.18 bits per heavy atom. The standard InChI is InChI=1S/C29H30ClF5N8O2/c1-14(43-26(37)21(25(36)38-2)24(40-43)16-7-8-19(45-3)23(32)22(16)31)27-39-18-6-4-5-17(30)20(18)28(44)42(27)15-9-11-41(12-10-15)13-29(33,34)35/h4-8,14-15H,9-13,37H2,1-3H3,(H2,36,38). The van der Waals surface area contributed by atoms with Crippen molar-refractivity contribution in [1.29, 1.82) is 0 Å². The second kappa shape index (κ2) is 12.3. The molecule has 1 aliphatic heterocycles. The Hall–Kier alpha value is -4.24. The summed E-state index contributed by atoms with van der Waals surface area (Å²) in [6.07, 6.45) is -3.90. The molecule has 0 amide bonds. The Balaban J connectivity index is 1.68. The van der Waals surface area contributed by atoms with Gasteiger partial charge in [0.25, 0.3) is 5.56 Å². The molecule has 2 aromatic carbocycles. The third kappa shape index (κ3) is 5.93. The number of amidine groups is 1. The third-order valence-electron chi connectivity index (χ3n) is 7.94. The average Bonchev–Trinajstić information content (AvgIpc) is 3.33. The molecule has 4 aromatic rings. The second-order valence-corrected chi connectivity index (χ2v) is 11.1. The van der Waals surface area contributed by atoms with Crippen molar-refractivity contribution in [3.8, 4) is 17.0 Å². The van der Waals surface area contributed by atoms with Gasteiger partial charge < -0.3 is 16.2 Å². The monoisotopic (exact) mass is 652 g/mol. The normalized spacial score (nSPS) is 16.0. The van der Waals surface area contributed by atoms with Gasteiger partial charge in [0, 0.05) is 31.7 Å². The molecule has 16 heteroatoms. The molecule has 1 aliphatic rings. The van der Waals surface area contributed by atoms with E-state index in [0.717, 1.165) is 0 Å². The molecule has 4 N–H and O–H groups in total. The zero-order valence-corrected chi connectivity index (χ0v) is 25.3. The SMILES string of the molecule is CN=C(N)c1c(-c2ccc(OC)c(F)c2F)nn(C(C)c2nc3cccc(Cl)c3c(=O)n2C2CCN(CC(F)(F)F)CC2)c1N. The fourth-order valence-electron chi connectivity index (χ4n) is 5.73. The number of alkyl halides is 3. The molecule has 3 heterocycles. The number of methoxy groups -OCH3 is 1. The molecular formula is C29H30ClF5N8O2. The molecule has 10 nitrogen and oxygen atoms in total. The summed E-state index contributed by atoms with van der Waals surface area (Å²) in [6.45, 7) is 0.774. The van der Waals surface area contributed by atoms with Crippen LogP contribution in [0.4, 0.5) is 27.8 Å². The van der Waals surface area contributed by atoms with E-state index in [2.05, 4.69) is 10.1 Å². The highest BCUT2D eigenvalue weighted by Gasteiger charge is 2.35. The van der Waals surface area contributed by atoms with Gasteiger partial charge in [-0.1, -0.05) is 17.7 Å². The van der Waals surface area contributed by atoms with E-state index >= 15 is 4.39 Å². The van der Waals surface area contributed by atoms with Crippen molar-refractivity contribution in [3.63, 3.8) is 0 Å². The predicted octanol–water partition coefficient (Wildman–Crippen LogP) is 4.93. The van der Waals surface area contributed by atoms with Crippen molar-refractivity contribution >= 4 is 34.2 Å². The summed E-state index contributed by atoms with van der Waals surface area (Å²) in [6, 6.07) is 5.84. The topological polar surface area (TPSA) is 130 Å². The van der Waals surface area contributed by atoms with Gasteiger partial charge in [-0.2, -0.15) is 22.7 Å². The molecule has 5 rings (SSSR count). The number of hydrogen-bond donors (Lipinski definition) is 2. The van der Waals surface area contributed by atoms with Crippen LogP contribution in [0.3, 0.4) is 0 Å². The number of benzene rings is 2. The molecule has 1 fully saturated rings. The highest BCUT2D eigenvalue weighted by Crippen LogP contribution is 2.36. The molecule has 45 heavy (non-hydrogen) atoms. The van der Waals surface area contributed by atoms with Gasteiger partial charge in [-0.05, 0) is 44.0 Å². The van der Waals surface area contributed by atoms with Gasteiger partial charge in [-0.15, -0.1) is 0 Å². The van der Waals surface area contributed by atoms with Gasteiger partial charge in [-0.3, -0.25) is 19.3 Å². The Morgan fingerprint density at radius 3 is 2.49 bits per heavy atom. The molecular weight excluding hydrogens is 623 g/mol. The molecule has 240 valence electrons. The van der Waals surface area contributed by atoms with Crippen LogP contribution in [-0.4, -0.2) is 70.0 Å². The minimum atomic E-state index is -4.36.